The Morgan fingerprint density at radius 2 is 1.67 bits per heavy atom. The third kappa shape index (κ3) is 2.96. The van der Waals surface area contributed by atoms with E-state index in [2.05, 4.69) is 11.9 Å². The Morgan fingerprint density at radius 1 is 1.10 bits per heavy atom. The summed E-state index contributed by atoms with van der Waals surface area (Å²) in [6, 6.07) is 0.308. The molecule has 0 bridgehead atoms. The summed E-state index contributed by atoms with van der Waals surface area (Å²) in [4.78, 5) is 16.6. The van der Waals surface area contributed by atoms with Gasteiger partial charge in [0.1, 0.15) is 0 Å². The number of hydrogen-bond acceptors (Lipinski definition) is 4. The van der Waals surface area contributed by atoms with Crippen LogP contribution in [0.15, 0.2) is 0 Å². The second-order valence-corrected chi connectivity index (χ2v) is 8.95. The van der Waals surface area contributed by atoms with Crippen LogP contribution in [0, 0.1) is 5.92 Å². The summed E-state index contributed by atoms with van der Waals surface area (Å²) in [7, 11) is 0.876. The minimum absolute atomic E-state index is 0.117. The van der Waals surface area contributed by atoms with Crippen molar-refractivity contribution in [1.82, 2.24) is 14.1 Å². The van der Waals surface area contributed by atoms with Crippen molar-refractivity contribution in [1.29, 1.82) is 0 Å². The van der Waals surface area contributed by atoms with Crippen molar-refractivity contribution in [3.05, 3.63) is 0 Å². The van der Waals surface area contributed by atoms with Gasteiger partial charge in [-0.2, -0.15) is 4.31 Å². The fourth-order valence-electron chi connectivity index (χ4n) is 3.23. The smallest absolute Gasteiger partial charge is 0.228 e. The van der Waals surface area contributed by atoms with Gasteiger partial charge in [-0.05, 0) is 45.8 Å². The Morgan fingerprint density at radius 3 is 2.19 bits per heavy atom. The van der Waals surface area contributed by atoms with Gasteiger partial charge in [0, 0.05) is 26.2 Å². The molecule has 6 nitrogen and oxygen atoms in total. The maximum absolute atomic E-state index is 12.5. The van der Waals surface area contributed by atoms with Crippen LogP contribution in [0.5, 0.6) is 0 Å². The molecule has 0 spiro atoms. The Hall–Kier alpha value is -0.660. The minimum Gasteiger partial charge on any atom is -0.342 e. The fourth-order valence-corrected chi connectivity index (χ4v) is 5.16. The normalized spacial score (nSPS) is 26.6. The summed E-state index contributed by atoms with van der Waals surface area (Å²) in [6.07, 6.45) is 3.59. The highest BCUT2D eigenvalue weighted by Crippen LogP contribution is 2.35. The second-order valence-electron chi connectivity index (χ2n) is 6.74. The van der Waals surface area contributed by atoms with Gasteiger partial charge in [-0.15, -0.1) is 0 Å². The van der Waals surface area contributed by atoms with Crippen molar-refractivity contribution in [3.8, 4) is 0 Å². The standard InChI is InChI=1S/C14H25N3O3S/c1-15-7-5-12(6-8-15)16(2)14(18)11-9-17(10-11)21(19,20)13-3-4-13/h11-13H,3-10H2,1-2H3. The summed E-state index contributed by atoms with van der Waals surface area (Å²) >= 11 is 0. The molecule has 0 aromatic carbocycles. The van der Waals surface area contributed by atoms with Crippen LogP contribution in [0.2, 0.25) is 0 Å². The molecule has 0 aromatic heterocycles. The van der Waals surface area contributed by atoms with Crippen molar-refractivity contribution >= 4 is 15.9 Å². The molecule has 0 N–H and O–H groups in total. The average Bonchev–Trinajstić information content (AvgIpc) is 3.21. The molecule has 0 aromatic rings. The summed E-state index contributed by atoms with van der Waals surface area (Å²) in [6.45, 7) is 2.81. The molecular formula is C14H25N3O3S. The summed E-state index contributed by atoms with van der Waals surface area (Å²) in [5.74, 6) is -0.0185. The molecule has 0 unspecified atom stereocenters. The third-order valence-corrected chi connectivity index (χ3v) is 7.42. The number of carbonyl (C=O) groups excluding carboxylic acids is 1. The number of likely N-dealkylation sites (tertiary alicyclic amines) is 1. The van der Waals surface area contributed by atoms with Gasteiger partial charge in [-0.1, -0.05) is 0 Å². The molecule has 3 fully saturated rings. The van der Waals surface area contributed by atoms with Crippen molar-refractivity contribution in [2.45, 2.75) is 37.0 Å². The van der Waals surface area contributed by atoms with Crippen molar-refractivity contribution in [3.63, 3.8) is 0 Å². The van der Waals surface area contributed by atoms with Crippen LogP contribution < -0.4 is 0 Å². The van der Waals surface area contributed by atoms with E-state index in [-0.39, 0.29) is 17.1 Å². The highest BCUT2D eigenvalue weighted by atomic mass is 32.2. The molecule has 1 aliphatic carbocycles. The molecule has 21 heavy (non-hydrogen) atoms. The molecule has 3 aliphatic rings. The van der Waals surface area contributed by atoms with Crippen molar-refractivity contribution in [2.75, 3.05) is 40.3 Å². The number of piperidine rings is 1. The molecule has 2 saturated heterocycles. The van der Waals surface area contributed by atoms with E-state index in [9.17, 15) is 13.2 Å². The summed E-state index contributed by atoms with van der Waals surface area (Å²) in [5.41, 5.74) is 0. The summed E-state index contributed by atoms with van der Waals surface area (Å²) in [5, 5.41) is -0.167. The second kappa shape index (κ2) is 5.52. The number of carbonyl (C=O) groups is 1. The Labute approximate surface area is 127 Å². The highest BCUT2D eigenvalue weighted by molar-refractivity contribution is 7.90. The monoisotopic (exact) mass is 315 g/mol. The molecule has 7 heteroatoms. The zero-order valence-corrected chi connectivity index (χ0v) is 13.7. The van der Waals surface area contributed by atoms with Crippen LogP contribution in [0.4, 0.5) is 0 Å². The van der Waals surface area contributed by atoms with Crippen LogP contribution in [0.25, 0.3) is 0 Å². The topological polar surface area (TPSA) is 60.9 Å². The molecule has 0 radical (unpaired) electrons. The first kappa shape index (κ1) is 15.2. The van der Waals surface area contributed by atoms with Crippen molar-refractivity contribution in [2.24, 2.45) is 5.92 Å². The van der Waals surface area contributed by atoms with E-state index in [1.165, 1.54) is 4.31 Å². The number of hydrogen-bond donors (Lipinski definition) is 0. The fraction of sp³-hybridized carbons (Fsp3) is 0.929. The number of nitrogens with zero attached hydrogens (tertiary/aromatic N) is 3. The highest BCUT2D eigenvalue weighted by Gasteiger charge is 2.47. The van der Waals surface area contributed by atoms with Gasteiger partial charge < -0.3 is 9.80 Å². The number of sulfonamides is 1. The van der Waals surface area contributed by atoms with E-state index in [1.807, 2.05) is 11.9 Å². The van der Waals surface area contributed by atoms with E-state index < -0.39 is 10.0 Å². The molecular weight excluding hydrogens is 290 g/mol. The zero-order chi connectivity index (χ0) is 15.2. The van der Waals surface area contributed by atoms with E-state index in [1.54, 1.807) is 0 Å². The van der Waals surface area contributed by atoms with Crippen LogP contribution in [-0.4, -0.2) is 80.0 Å². The van der Waals surface area contributed by atoms with Crippen LogP contribution in [0.3, 0.4) is 0 Å². The number of amides is 1. The van der Waals surface area contributed by atoms with E-state index in [0.717, 1.165) is 38.8 Å². The number of rotatable bonds is 4. The lowest BCUT2D eigenvalue weighted by molar-refractivity contribution is -0.140. The predicted octanol–water partition coefficient (Wildman–Crippen LogP) is -0.0370. The van der Waals surface area contributed by atoms with E-state index in [0.29, 0.717) is 19.1 Å². The van der Waals surface area contributed by atoms with Crippen LogP contribution in [0.1, 0.15) is 25.7 Å². The predicted molar refractivity (Wildman–Crippen MR) is 80.3 cm³/mol. The lowest BCUT2D eigenvalue weighted by Crippen LogP contribution is -2.58. The van der Waals surface area contributed by atoms with Gasteiger partial charge in [0.05, 0.1) is 11.2 Å². The van der Waals surface area contributed by atoms with Crippen LogP contribution in [-0.2, 0) is 14.8 Å². The zero-order valence-electron chi connectivity index (χ0n) is 12.9. The lowest BCUT2D eigenvalue weighted by atomic mass is 9.98. The maximum Gasteiger partial charge on any atom is 0.228 e. The molecule has 2 aliphatic heterocycles. The molecule has 1 saturated carbocycles. The minimum atomic E-state index is -3.10. The Balaban J connectivity index is 1.51. The molecule has 0 atom stereocenters. The van der Waals surface area contributed by atoms with Crippen LogP contribution >= 0.6 is 0 Å². The average molecular weight is 315 g/mol. The first-order chi connectivity index (χ1) is 9.89. The first-order valence-electron chi connectivity index (χ1n) is 7.84. The van der Waals surface area contributed by atoms with Gasteiger partial charge in [-0.3, -0.25) is 4.79 Å². The van der Waals surface area contributed by atoms with Gasteiger partial charge in [0.25, 0.3) is 0 Å². The van der Waals surface area contributed by atoms with Crippen molar-refractivity contribution < 1.29 is 13.2 Å². The van der Waals surface area contributed by atoms with E-state index in [4.69, 9.17) is 0 Å². The molecule has 1 amide bonds. The largest absolute Gasteiger partial charge is 0.342 e. The molecule has 120 valence electrons. The third-order valence-electron chi connectivity index (χ3n) is 5.09. The summed E-state index contributed by atoms with van der Waals surface area (Å²) < 4.78 is 25.6. The molecule has 2 heterocycles. The van der Waals surface area contributed by atoms with Gasteiger partial charge in [0.15, 0.2) is 0 Å². The van der Waals surface area contributed by atoms with Gasteiger partial charge >= 0.3 is 0 Å². The Kier molecular flexibility index (Phi) is 4.00. The Bertz CT molecular complexity index is 504. The van der Waals surface area contributed by atoms with Gasteiger partial charge in [0.2, 0.25) is 15.9 Å². The quantitative estimate of drug-likeness (QED) is 0.730. The SMILES string of the molecule is CN1CCC(N(C)C(=O)C2CN(S(=O)(=O)C3CC3)C2)CC1. The first-order valence-corrected chi connectivity index (χ1v) is 9.34. The maximum atomic E-state index is 12.5. The van der Waals surface area contributed by atoms with E-state index >= 15 is 0 Å². The lowest BCUT2D eigenvalue weighted by Gasteiger charge is -2.42. The van der Waals surface area contributed by atoms with Gasteiger partial charge in [-0.25, -0.2) is 8.42 Å². The molecule has 3 rings (SSSR count).